The molecule has 102 valence electrons. The highest BCUT2D eigenvalue weighted by atomic mass is 35.5. The fourth-order valence-electron chi connectivity index (χ4n) is 2.24. The fraction of sp³-hybridized carbons (Fsp3) is 0.133. The quantitative estimate of drug-likeness (QED) is 0.783. The molecule has 1 unspecified atom stereocenters. The molecule has 5 heteroatoms. The van der Waals surface area contributed by atoms with Gasteiger partial charge in [-0.1, -0.05) is 11.6 Å². The van der Waals surface area contributed by atoms with Crippen LogP contribution >= 0.6 is 11.6 Å². The molecular formula is C15H9ClF2O2. The van der Waals surface area contributed by atoms with E-state index >= 15 is 0 Å². The van der Waals surface area contributed by atoms with Crippen molar-refractivity contribution in [3.8, 4) is 5.75 Å². The fourth-order valence-corrected chi connectivity index (χ4v) is 2.42. The van der Waals surface area contributed by atoms with Gasteiger partial charge in [-0.05, 0) is 35.9 Å². The first-order valence-corrected chi connectivity index (χ1v) is 6.36. The number of carbonyl (C=O) groups excluding carboxylic acids is 1. The van der Waals surface area contributed by atoms with Crippen molar-refractivity contribution in [2.75, 3.05) is 0 Å². The summed E-state index contributed by atoms with van der Waals surface area (Å²) < 4.78 is 32.1. The van der Waals surface area contributed by atoms with E-state index in [0.717, 1.165) is 6.07 Å². The molecule has 0 fully saturated rings. The van der Waals surface area contributed by atoms with E-state index in [0.29, 0.717) is 21.9 Å². The number of hydrogen-bond donors (Lipinski definition) is 0. The van der Waals surface area contributed by atoms with Crippen molar-refractivity contribution in [3.05, 3.63) is 64.2 Å². The lowest BCUT2D eigenvalue weighted by Crippen LogP contribution is -2.20. The van der Waals surface area contributed by atoms with Crippen LogP contribution in [0.3, 0.4) is 0 Å². The van der Waals surface area contributed by atoms with Crippen LogP contribution in [0.15, 0.2) is 36.4 Å². The molecule has 0 bridgehead atoms. The molecule has 3 rings (SSSR count). The molecule has 1 heterocycles. The van der Waals surface area contributed by atoms with Crippen LogP contribution in [-0.4, -0.2) is 5.78 Å². The summed E-state index contributed by atoms with van der Waals surface area (Å²) in [6, 6.07) is 7.83. The minimum absolute atomic E-state index is 0.0240. The summed E-state index contributed by atoms with van der Waals surface area (Å²) in [6.45, 7) is 0. The summed E-state index contributed by atoms with van der Waals surface area (Å²) in [7, 11) is 0. The molecule has 1 aliphatic heterocycles. The van der Waals surface area contributed by atoms with Crippen LogP contribution in [0.5, 0.6) is 5.75 Å². The smallest absolute Gasteiger partial charge is 0.170 e. The van der Waals surface area contributed by atoms with Gasteiger partial charge in [0.05, 0.1) is 12.0 Å². The number of Topliss-reactive ketones (excluding diaryl/α,β-unsaturated/α-hetero) is 1. The van der Waals surface area contributed by atoms with Crippen molar-refractivity contribution < 1.29 is 18.3 Å². The predicted molar refractivity (Wildman–Crippen MR) is 70.1 cm³/mol. The highest BCUT2D eigenvalue weighted by molar-refractivity contribution is 6.31. The lowest BCUT2D eigenvalue weighted by molar-refractivity contribution is 0.0849. The molecular weight excluding hydrogens is 286 g/mol. The van der Waals surface area contributed by atoms with Crippen LogP contribution in [0.2, 0.25) is 5.02 Å². The molecule has 0 aromatic heterocycles. The molecule has 0 amide bonds. The van der Waals surface area contributed by atoms with Crippen molar-refractivity contribution in [1.82, 2.24) is 0 Å². The molecule has 0 radical (unpaired) electrons. The number of ether oxygens (including phenoxy) is 1. The minimum Gasteiger partial charge on any atom is -0.484 e. The zero-order chi connectivity index (χ0) is 14.3. The Morgan fingerprint density at radius 1 is 1.10 bits per heavy atom. The van der Waals surface area contributed by atoms with Gasteiger partial charge in [-0.3, -0.25) is 4.79 Å². The molecule has 2 aromatic carbocycles. The van der Waals surface area contributed by atoms with Crippen LogP contribution in [0, 0.1) is 11.6 Å². The Labute approximate surface area is 118 Å². The first kappa shape index (κ1) is 13.1. The zero-order valence-corrected chi connectivity index (χ0v) is 11.0. The zero-order valence-electron chi connectivity index (χ0n) is 10.2. The second-order valence-corrected chi connectivity index (χ2v) is 5.01. The lowest BCUT2D eigenvalue weighted by Gasteiger charge is -2.25. The van der Waals surface area contributed by atoms with E-state index in [4.69, 9.17) is 16.3 Å². The summed E-state index contributed by atoms with van der Waals surface area (Å²) in [6.07, 6.45) is -0.669. The molecule has 2 aromatic rings. The number of rotatable bonds is 1. The van der Waals surface area contributed by atoms with Crippen molar-refractivity contribution in [2.24, 2.45) is 0 Å². The maximum absolute atomic E-state index is 13.2. The van der Waals surface area contributed by atoms with Crippen molar-refractivity contribution in [2.45, 2.75) is 12.5 Å². The molecule has 0 N–H and O–H groups in total. The molecule has 0 aliphatic carbocycles. The van der Waals surface area contributed by atoms with Gasteiger partial charge in [-0.2, -0.15) is 0 Å². The number of carbonyl (C=O) groups is 1. The lowest BCUT2D eigenvalue weighted by atomic mass is 9.96. The van der Waals surface area contributed by atoms with Gasteiger partial charge >= 0.3 is 0 Å². The maximum atomic E-state index is 13.2. The second-order valence-electron chi connectivity index (χ2n) is 4.58. The summed E-state index contributed by atoms with van der Waals surface area (Å²) in [5.74, 6) is -1.18. The summed E-state index contributed by atoms with van der Waals surface area (Å²) in [5, 5.41) is 0.441. The molecule has 1 atom stereocenters. The Hall–Kier alpha value is -1.94. The summed E-state index contributed by atoms with van der Waals surface area (Å²) >= 11 is 5.83. The molecule has 1 aliphatic rings. The standard InChI is InChI=1S/C15H9ClF2O2/c16-9-1-2-14-12(5-9)13(19)7-15(20-14)8-3-10(17)6-11(18)4-8/h1-6,15H,7H2. The normalized spacial score (nSPS) is 17.6. The van der Waals surface area contributed by atoms with Crippen LogP contribution in [0.25, 0.3) is 0 Å². The summed E-state index contributed by atoms with van der Waals surface area (Å²) in [5.41, 5.74) is 0.696. The second kappa shape index (κ2) is 4.87. The van der Waals surface area contributed by atoms with Gasteiger partial charge in [0.2, 0.25) is 0 Å². The van der Waals surface area contributed by atoms with Crippen molar-refractivity contribution in [1.29, 1.82) is 0 Å². The first-order valence-electron chi connectivity index (χ1n) is 5.98. The Kier molecular flexibility index (Phi) is 3.18. The Balaban J connectivity index is 1.99. The molecule has 2 nitrogen and oxygen atoms in total. The topological polar surface area (TPSA) is 26.3 Å². The number of hydrogen-bond acceptors (Lipinski definition) is 2. The SMILES string of the molecule is O=C1CC(c2cc(F)cc(F)c2)Oc2ccc(Cl)cc21. The Morgan fingerprint density at radius 2 is 1.80 bits per heavy atom. The van der Waals surface area contributed by atoms with Gasteiger partial charge < -0.3 is 4.74 Å². The van der Waals surface area contributed by atoms with E-state index in [2.05, 4.69) is 0 Å². The van der Waals surface area contributed by atoms with E-state index in [1.807, 2.05) is 0 Å². The third kappa shape index (κ3) is 2.39. The third-order valence-electron chi connectivity index (χ3n) is 3.14. The third-order valence-corrected chi connectivity index (χ3v) is 3.37. The first-order chi connectivity index (χ1) is 9.52. The molecule has 0 spiro atoms. The molecule has 20 heavy (non-hydrogen) atoms. The summed E-state index contributed by atoms with van der Waals surface area (Å²) in [4.78, 5) is 12.1. The van der Waals surface area contributed by atoms with Crippen LogP contribution in [0.1, 0.15) is 28.4 Å². The van der Waals surface area contributed by atoms with Crippen LogP contribution in [-0.2, 0) is 0 Å². The van der Waals surface area contributed by atoms with E-state index in [1.54, 1.807) is 12.1 Å². The average Bonchev–Trinajstić information content (AvgIpc) is 2.38. The van der Waals surface area contributed by atoms with Crippen molar-refractivity contribution in [3.63, 3.8) is 0 Å². The van der Waals surface area contributed by atoms with Gasteiger partial charge in [0.25, 0.3) is 0 Å². The van der Waals surface area contributed by atoms with Gasteiger partial charge in [0.15, 0.2) is 5.78 Å². The number of benzene rings is 2. The van der Waals surface area contributed by atoms with E-state index in [1.165, 1.54) is 18.2 Å². The van der Waals surface area contributed by atoms with Gasteiger partial charge in [-0.25, -0.2) is 8.78 Å². The average molecular weight is 295 g/mol. The highest BCUT2D eigenvalue weighted by Gasteiger charge is 2.28. The maximum Gasteiger partial charge on any atom is 0.170 e. The van der Waals surface area contributed by atoms with E-state index in [-0.39, 0.29) is 12.2 Å². The Bertz CT molecular complexity index is 680. The van der Waals surface area contributed by atoms with Crippen LogP contribution < -0.4 is 4.74 Å². The van der Waals surface area contributed by atoms with Gasteiger partial charge in [0.1, 0.15) is 23.5 Å². The largest absolute Gasteiger partial charge is 0.484 e. The predicted octanol–water partition coefficient (Wildman–Crippen LogP) is 4.32. The highest BCUT2D eigenvalue weighted by Crippen LogP contribution is 2.36. The van der Waals surface area contributed by atoms with Crippen molar-refractivity contribution >= 4 is 17.4 Å². The Morgan fingerprint density at radius 3 is 2.50 bits per heavy atom. The minimum atomic E-state index is -0.696. The van der Waals surface area contributed by atoms with Gasteiger partial charge in [0, 0.05) is 11.1 Å². The number of halogens is 3. The molecule has 0 saturated carbocycles. The van der Waals surface area contributed by atoms with Gasteiger partial charge in [-0.15, -0.1) is 0 Å². The monoisotopic (exact) mass is 294 g/mol. The van der Waals surface area contributed by atoms with E-state index < -0.39 is 17.7 Å². The van der Waals surface area contributed by atoms with Crippen LogP contribution in [0.4, 0.5) is 8.78 Å². The molecule has 0 saturated heterocycles. The number of fused-ring (bicyclic) bond motifs is 1. The van der Waals surface area contributed by atoms with E-state index in [9.17, 15) is 13.6 Å². The number of ketones is 1.